The smallest absolute Gasteiger partial charge is 0.223 e. The first kappa shape index (κ1) is 11.8. The first-order valence-corrected chi connectivity index (χ1v) is 2.61. The van der Waals surface area contributed by atoms with Crippen LogP contribution in [0.4, 0.5) is 4.39 Å². The summed E-state index contributed by atoms with van der Waals surface area (Å²) in [6, 6.07) is 0. The van der Waals surface area contributed by atoms with Gasteiger partial charge in [0.1, 0.15) is 0 Å². The van der Waals surface area contributed by atoms with Crippen molar-refractivity contribution in [3.63, 3.8) is 0 Å². The zero-order valence-corrected chi connectivity index (χ0v) is 6.93. The van der Waals surface area contributed by atoms with Gasteiger partial charge in [-0.1, -0.05) is 6.58 Å². The molecule has 0 aliphatic rings. The normalized spacial score (nSPS) is 13.1. The van der Waals surface area contributed by atoms with Gasteiger partial charge in [-0.2, -0.15) is 0 Å². The summed E-state index contributed by atoms with van der Waals surface area (Å²) in [5.74, 6) is 0. The summed E-state index contributed by atoms with van der Waals surface area (Å²) < 4.78 is 25.0. The summed E-state index contributed by atoms with van der Waals surface area (Å²) in [5.41, 5.74) is 0. The molecule has 0 amide bonds. The molecule has 0 rings (SSSR count). The van der Waals surface area contributed by atoms with Gasteiger partial charge in [-0.3, -0.25) is 9.09 Å². The van der Waals surface area contributed by atoms with Crippen molar-refractivity contribution in [3.05, 3.63) is 12.7 Å². The minimum Gasteiger partial charge on any atom is -0.300 e. The molecule has 0 N–H and O–H groups in total. The number of hydrogen-bond donors (Lipinski definition) is 0. The van der Waals surface area contributed by atoms with E-state index in [4.69, 9.17) is 0 Å². The number of alkyl halides is 1. The largest absolute Gasteiger partial charge is 0.300 e. The van der Waals surface area contributed by atoms with Crippen molar-refractivity contribution >= 4 is 8.69 Å². The molecule has 0 fully saturated rings. The van der Waals surface area contributed by atoms with Crippen molar-refractivity contribution in [2.24, 2.45) is 0 Å². The topological polar surface area (TPSA) is 26.3 Å². The van der Waals surface area contributed by atoms with Crippen LogP contribution in [-0.4, -0.2) is 6.36 Å². The predicted octanol–water partition coefficient (Wildman–Crippen LogP) is 1.16. The van der Waals surface area contributed by atoms with Gasteiger partial charge < -0.3 is 0 Å². The molecule has 0 aromatic heterocycles. The van der Waals surface area contributed by atoms with E-state index < -0.39 is 15.0 Å². The second-order valence-electron chi connectivity index (χ2n) is 0.819. The monoisotopic (exact) mass is 290 g/mol. The summed E-state index contributed by atoms with van der Waals surface area (Å²) in [6.07, 6.45) is -0.627. The molecule has 5 heteroatoms. The molecule has 0 bridgehead atoms. The van der Waals surface area contributed by atoms with E-state index in [1.165, 1.54) is 0 Å². The zero-order chi connectivity index (χ0) is 5.70. The van der Waals surface area contributed by atoms with Crippen LogP contribution in [0.25, 0.3) is 0 Å². The van der Waals surface area contributed by atoms with Crippen molar-refractivity contribution in [2.75, 3.05) is 0 Å². The van der Waals surface area contributed by atoms with Crippen molar-refractivity contribution < 1.29 is 50.8 Å². The van der Waals surface area contributed by atoms with E-state index in [1.54, 1.807) is 0 Å². The fourth-order valence-corrected chi connectivity index (χ4v) is 0.326. The molecular formula is C3H6ErFO2P. The predicted molar refractivity (Wildman–Crippen MR) is 26.6 cm³/mol. The van der Waals surface area contributed by atoms with Crippen LogP contribution in [0.3, 0.4) is 0 Å². The summed E-state index contributed by atoms with van der Waals surface area (Å²) >= 11 is 0. The van der Waals surface area contributed by atoms with Gasteiger partial charge >= 0.3 is 0 Å². The molecule has 8 heavy (non-hydrogen) atoms. The van der Waals surface area contributed by atoms with Gasteiger partial charge in [0.15, 0.2) is 8.69 Å². The van der Waals surface area contributed by atoms with Gasteiger partial charge in [-0.25, -0.2) is 4.39 Å². The molecule has 0 aliphatic carbocycles. The minimum absolute atomic E-state index is 0. The molecule has 0 radical (unpaired) electrons. The number of rotatable bonds is 3. The van der Waals surface area contributed by atoms with Crippen LogP contribution in [0.5, 0.6) is 0 Å². The van der Waals surface area contributed by atoms with Crippen molar-refractivity contribution in [3.8, 4) is 0 Å². The van der Waals surface area contributed by atoms with Crippen LogP contribution in [0, 0.1) is 37.3 Å². The maximum Gasteiger partial charge on any atom is 0.223 e. The number of hydrogen-bond acceptors (Lipinski definition) is 2. The third-order valence-corrected chi connectivity index (χ3v) is 0.742. The second-order valence-corrected chi connectivity index (χ2v) is 1.28. The van der Waals surface area contributed by atoms with Gasteiger partial charge in [-0.05, 0) is 6.08 Å². The average molecular weight is 291 g/mol. The van der Waals surface area contributed by atoms with Crippen molar-refractivity contribution in [2.45, 2.75) is 6.36 Å². The fourth-order valence-electron chi connectivity index (χ4n) is 0.109. The van der Waals surface area contributed by atoms with Crippen LogP contribution in [0.1, 0.15) is 0 Å². The van der Waals surface area contributed by atoms with E-state index in [2.05, 4.69) is 11.1 Å². The Hall–Kier alpha value is 1.11. The van der Waals surface area contributed by atoms with Gasteiger partial charge in [0.05, 0.1) is 0 Å². The second kappa shape index (κ2) is 8.11. The Morgan fingerprint density at radius 3 is 2.50 bits per heavy atom. The van der Waals surface area contributed by atoms with Crippen LogP contribution in [0.15, 0.2) is 12.7 Å². The Kier molecular flexibility index (Phi) is 12.0. The molecule has 54 valence electrons. The Morgan fingerprint density at radius 2 is 2.38 bits per heavy atom. The van der Waals surface area contributed by atoms with Gasteiger partial charge in [0.25, 0.3) is 0 Å². The van der Waals surface area contributed by atoms with Crippen molar-refractivity contribution in [1.29, 1.82) is 0 Å². The molecule has 2 unspecified atom stereocenters. The van der Waals surface area contributed by atoms with Crippen molar-refractivity contribution in [1.82, 2.24) is 0 Å². The van der Waals surface area contributed by atoms with E-state index >= 15 is 0 Å². The third kappa shape index (κ3) is 7.11. The Bertz CT molecular complexity index is 79.7. The maximum atomic E-state index is 11.6. The molecule has 2 nitrogen and oxygen atoms in total. The van der Waals surface area contributed by atoms with Gasteiger partial charge in [0, 0.05) is 37.3 Å². The standard InChI is InChI=1S/C3H6FO2P.Er/c1-2-3(4)6-7-5;/h2-3H,1,7H2;. The van der Waals surface area contributed by atoms with Gasteiger partial charge in [0.2, 0.25) is 6.36 Å². The molecule has 0 saturated carbocycles. The molecule has 0 aromatic carbocycles. The molecule has 0 spiro atoms. The first-order chi connectivity index (χ1) is 3.31. The molecule has 0 saturated heterocycles. The summed E-state index contributed by atoms with van der Waals surface area (Å²) in [4.78, 5) is 0. The van der Waals surface area contributed by atoms with E-state index in [1.807, 2.05) is 0 Å². The van der Waals surface area contributed by atoms with Crippen LogP contribution >= 0.6 is 8.69 Å². The van der Waals surface area contributed by atoms with E-state index in [0.717, 1.165) is 6.08 Å². The fraction of sp³-hybridized carbons (Fsp3) is 0.333. The number of halogens is 1. The van der Waals surface area contributed by atoms with E-state index in [-0.39, 0.29) is 37.3 Å². The Morgan fingerprint density at radius 1 is 1.88 bits per heavy atom. The maximum absolute atomic E-state index is 11.6. The first-order valence-electron chi connectivity index (χ1n) is 1.67. The molecule has 2 atom stereocenters. The molecule has 0 aliphatic heterocycles. The third-order valence-electron chi connectivity index (χ3n) is 0.371. The van der Waals surface area contributed by atoms with E-state index in [0.29, 0.717) is 0 Å². The Labute approximate surface area is 78.0 Å². The summed E-state index contributed by atoms with van der Waals surface area (Å²) in [6.45, 7) is 3.05. The van der Waals surface area contributed by atoms with Crippen LogP contribution < -0.4 is 0 Å². The SMILES string of the molecule is C=CC(F)O[PH2]=O.[Er]. The van der Waals surface area contributed by atoms with Crippen LogP contribution in [-0.2, 0) is 9.09 Å². The van der Waals surface area contributed by atoms with E-state index in [9.17, 15) is 8.96 Å². The zero-order valence-electron chi connectivity index (χ0n) is 3.92. The molecule has 0 heterocycles. The summed E-state index contributed by atoms with van der Waals surface area (Å²) in [7, 11) is -1.45. The molecular weight excluding hydrogens is 285 g/mol. The minimum atomic E-state index is -1.56. The average Bonchev–Trinajstić information content (AvgIpc) is 1.68. The van der Waals surface area contributed by atoms with Gasteiger partial charge in [-0.15, -0.1) is 0 Å². The van der Waals surface area contributed by atoms with Crippen LogP contribution in [0.2, 0.25) is 0 Å². The summed E-state index contributed by atoms with van der Waals surface area (Å²) in [5, 5.41) is 0. The molecule has 0 aromatic rings. The quantitative estimate of drug-likeness (QED) is 0.576. The Balaban J connectivity index is 0.